The second-order valence-electron chi connectivity index (χ2n) is 6.44. The summed E-state index contributed by atoms with van der Waals surface area (Å²) in [5, 5.41) is 9.35. The molecule has 0 aliphatic heterocycles. The molecule has 22 heavy (non-hydrogen) atoms. The molecule has 0 radical (unpaired) electrons. The molecule has 0 aliphatic rings. The largest absolute Gasteiger partial charge is 0.491 e. The molecule has 0 heterocycles. The van der Waals surface area contributed by atoms with E-state index >= 15 is 0 Å². The first-order chi connectivity index (χ1) is 10.5. The predicted molar refractivity (Wildman–Crippen MR) is 93.3 cm³/mol. The van der Waals surface area contributed by atoms with E-state index in [9.17, 15) is 5.11 Å². The van der Waals surface area contributed by atoms with Crippen LogP contribution >= 0.6 is 0 Å². The Kier molecular flexibility index (Phi) is 8.51. The van der Waals surface area contributed by atoms with Gasteiger partial charge in [0.25, 0.3) is 0 Å². The Labute approximate surface area is 135 Å². The van der Waals surface area contributed by atoms with Crippen molar-refractivity contribution >= 4 is 0 Å². The molecule has 3 heteroatoms. The molecule has 0 spiro atoms. The van der Waals surface area contributed by atoms with Crippen LogP contribution in [0, 0.1) is 0 Å². The van der Waals surface area contributed by atoms with Crippen LogP contribution in [0.4, 0.5) is 0 Å². The highest BCUT2D eigenvalue weighted by atomic mass is 16.5. The van der Waals surface area contributed by atoms with E-state index in [-0.39, 0.29) is 12.7 Å². The summed E-state index contributed by atoms with van der Waals surface area (Å²) in [5.41, 5.74) is 6.91. The fourth-order valence-corrected chi connectivity index (χ4v) is 2.47. The van der Waals surface area contributed by atoms with Gasteiger partial charge in [-0.1, -0.05) is 38.8 Å². The maximum absolute atomic E-state index is 9.35. The first kappa shape index (κ1) is 19.0. The van der Waals surface area contributed by atoms with E-state index < -0.39 is 5.54 Å². The number of unbranched alkanes of at least 4 members (excludes halogenated alkanes) is 2. The van der Waals surface area contributed by atoms with Crippen molar-refractivity contribution in [1.82, 2.24) is 0 Å². The van der Waals surface area contributed by atoms with Gasteiger partial charge in [-0.25, -0.2) is 0 Å². The summed E-state index contributed by atoms with van der Waals surface area (Å²) in [6, 6.07) is 8.27. The summed E-state index contributed by atoms with van der Waals surface area (Å²) < 4.78 is 5.94. The van der Waals surface area contributed by atoms with Gasteiger partial charge in [-0.3, -0.25) is 0 Å². The van der Waals surface area contributed by atoms with Crippen molar-refractivity contribution in [2.75, 3.05) is 6.61 Å². The average Bonchev–Trinajstić information content (AvgIpc) is 2.54. The molecule has 126 valence electrons. The number of rotatable bonds is 11. The van der Waals surface area contributed by atoms with Crippen LogP contribution < -0.4 is 10.5 Å². The Morgan fingerprint density at radius 3 is 2.41 bits per heavy atom. The molecule has 0 aliphatic carbocycles. The average molecular weight is 307 g/mol. The Morgan fingerprint density at radius 2 is 1.86 bits per heavy atom. The summed E-state index contributed by atoms with van der Waals surface area (Å²) in [6.07, 6.45) is 7.60. The van der Waals surface area contributed by atoms with E-state index in [0.29, 0.717) is 0 Å². The Balaban J connectivity index is 2.42. The van der Waals surface area contributed by atoms with E-state index in [1.165, 1.54) is 24.8 Å². The minimum Gasteiger partial charge on any atom is -0.491 e. The first-order valence-corrected chi connectivity index (χ1v) is 8.68. The Morgan fingerprint density at radius 1 is 1.18 bits per heavy atom. The minimum atomic E-state index is -0.455. The maximum atomic E-state index is 9.35. The number of ether oxygens (including phenoxy) is 1. The summed E-state index contributed by atoms with van der Waals surface area (Å²) in [7, 11) is 0. The van der Waals surface area contributed by atoms with Crippen molar-refractivity contribution in [3.05, 3.63) is 29.8 Å². The number of hydrogen-bond acceptors (Lipinski definition) is 3. The van der Waals surface area contributed by atoms with Crippen LogP contribution in [0.25, 0.3) is 0 Å². The molecular formula is C19H33NO2. The van der Waals surface area contributed by atoms with Crippen LogP contribution in [-0.2, 0) is 6.42 Å². The highest BCUT2D eigenvalue weighted by Crippen LogP contribution is 2.19. The number of nitrogens with two attached hydrogens (primary N) is 1. The SMILES string of the molecule is CCCCC[C@H](C)Oc1ccc(CC[C@@](N)(CC)CO)cc1. The molecule has 1 rings (SSSR count). The van der Waals surface area contributed by atoms with Crippen LogP contribution in [0.3, 0.4) is 0 Å². The topological polar surface area (TPSA) is 55.5 Å². The Hall–Kier alpha value is -1.06. The van der Waals surface area contributed by atoms with Gasteiger partial charge in [0.1, 0.15) is 5.75 Å². The minimum absolute atomic E-state index is 0.0416. The van der Waals surface area contributed by atoms with Crippen LogP contribution in [0.5, 0.6) is 5.75 Å². The van der Waals surface area contributed by atoms with Gasteiger partial charge in [0.2, 0.25) is 0 Å². The molecule has 3 nitrogen and oxygen atoms in total. The highest BCUT2D eigenvalue weighted by molar-refractivity contribution is 5.27. The number of benzene rings is 1. The number of hydrogen-bond donors (Lipinski definition) is 2. The third-order valence-electron chi connectivity index (χ3n) is 4.41. The van der Waals surface area contributed by atoms with E-state index in [1.807, 2.05) is 19.1 Å². The molecule has 0 bridgehead atoms. The number of aliphatic hydroxyl groups excluding tert-OH is 1. The van der Waals surface area contributed by atoms with Gasteiger partial charge in [0.05, 0.1) is 12.7 Å². The van der Waals surface area contributed by atoms with Crippen molar-refractivity contribution < 1.29 is 9.84 Å². The van der Waals surface area contributed by atoms with Gasteiger partial charge in [-0.05, 0) is 56.7 Å². The van der Waals surface area contributed by atoms with E-state index in [4.69, 9.17) is 10.5 Å². The summed E-state index contributed by atoms with van der Waals surface area (Å²) in [5.74, 6) is 0.935. The predicted octanol–water partition coefficient (Wildman–Crippen LogP) is 4.07. The highest BCUT2D eigenvalue weighted by Gasteiger charge is 2.20. The molecule has 0 aromatic heterocycles. The lowest BCUT2D eigenvalue weighted by molar-refractivity contribution is 0.183. The lowest BCUT2D eigenvalue weighted by Gasteiger charge is -2.25. The van der Waals surface area contributed by atoms with Crippen molar-refractivity contribution in [2.45, 2.75) is 77.4 Å². The second-order valence-corrected chi connectivity index (χ2v) is 6.44. The molecule has 1 aromatic carbocycles. The van der Waals surface area contributed by atoms with Crippen molar-refractivity contribution in [3.8, 4) is 5.75 Å². The second kappa shape index (κ2) is 9.86. The molecule has 1 aromatic rings. The Bertz CT molecular complexity index is 398. The first-order valence-electron chi connectivity index (χ1n) is 8.68. The van der Waals surface area contributed by atoms with Crippen LogP contribution in [-0.4, -0.2) is 23.4 Å². The van der Waals surface area contributed by atoms with Crippen LogP contribution in [0.15, 0.2) is 24.3 Å². The van der Waals surface area contributed by atoms with E-state index in [1.54, 1.807) is 0 Å². The van der Waals surface area contributed by atoms with Gasteiger partial charge < -0.3 is 15.6 Å². The van der Waals surface area contributed by atoms with Gasteiger partial charge in [-0.15, -0.1) is 0 Å². The van der Waals surface area contributed by atoms with Crippen LogP contribution in [0.2, 0.25) is 0 Å². The van der Waals surface area contributed by atoms with Crippen molar-refractivity contribution in [3.63, 3.8) is 0 Å². The standard InChI is InChI=1S/C19H33NO2/c1-4-6-7-8-16(3)22-18-11-9-17(10-12-18)13-14-19(20,5-2)15-21/h9-12,16,21H,4-8,13-15,20H2,1-3H3/t16-,19-/m0/s1. The maximum Gasteiger partial charge on any atom is 0.119 e. The van der Waals surface area contributed by atoms with Gasteiger partial charge >= 0.3 is 0 Å². The molecule has 0 amide bonds. The molecule has 0 unspecified atom stereocenters. The fraction of sp³-hybridized carbons (Fsp3) is 0.684. The third kappa shape index (κ3) is 6.80. The summed E-state index contributed by atoms with van der Waals surface area (Å²) in [6.45, 7) is 6.41. The molecule has 2 atom stereocenters. The molecule has 0 saturated heterocycles. The van der Waals surface area contributed by atoms with Crippen molar-refractivity contribution in [1.29, 1.82) is 0 Å². The van der Waals surface area contributed by atoms with E-state index in [2.05, 4.69) is 26.0 Å². The van der Waals surface area contributed by atoms with Crippen molar-refractivity contribution in [2.24, 2.45) is 5.73 Å². The lowest BCUT2D eigenvalue weighted by atomic mass is 9.90. The van der Waals surface area contributed by atoms with Crippen LogP contribution in [0.1, 0.15) is 64.9 Å². The van der Waals surface area contributed by atoms with Gasteiger partial charge in [-0.2, -0.15) is 0 Å². The van der Waals surface area contributed by atoms with E-state index in [0.717, 1.165) is 31.4 Å². The molecular weight excluding hydrogens is 274 g/mol. The zero-order valence-electron chi connectivity index (χ0n) is 14.5. The lowest BCUT2D eigenvalue weighted by Crippen LogP contribution is -2.43. The normalized spacial score (nSPS) is 15.3. The summed E-state index contributed by atoms with van der Waals surface area (Å²) >= 11 is 0. The zero-order chi connectivity index (χ0) is 16.4. The van der Waals surface area contributed by atoms with Gasteiger partial charge in [0, 0.05) is 5.54 Å². The molecule has 0 saturated carbocycles. The smallest absolute Gasteiger partial charge is 0.119 e. The molecule has 0 fully saturated rings. The quantitative estimate of drug-likeness (QED) is 0.606. The molecule has 3 N–H and O–H groups in total. The number of aryl methyl sites for hydroxylation is 1. The number of aliphatic hydroxyl groups is 1. The summed E-state index contributed by atoms with van der Waals surface area (Å²) in [4.78, 5) is 0. The third-order valence-corrected chi connectivity index (χ3v) is 4.41. The van der Waals surface area contributed by atoms with Gasteiger partial charge in [0.15, 0.2) is 0 Å². The fourth-order valence-electron chi connectivity index (χ4n) is 2.47. The zero-order valence-corrected chi connectivity index (χ0v) is 14.5. The monoisotopic (exact) mass is 307 g/mol.